The molecule has 1 saturated heterocycles. The van der Waals surface area contributed by atoms with Crippen LogP contribution in [0.3, 0.4) is 0 Å². The summed E-state index contributed by atoms with van der Waals surface area (Å²) in [5, 5.41) is 6.63. The number of para-hydroxylation sites is 1. The molecule has 0 bridgehead atoms. The number of hydrogen-bond acceptors (Lipinski definition) is 4. The van der Waals surface area contributed by atoms with Crippen LogP contribution in [0, 0.1) is 11.6 Å². The van der Waals surface area contributed by atoms with Crippen LogP contribution in [-0.2, 0) is 6.54 Å². The first kappa shape index (κ1) is 23.1. The molecule has 6 nitrogen and oxygen atoms in total. The van der Waals surface area contributed by atoms with Crippen LogP contribution < -0.4 is 20.4 Å². The molecule has 1 atom stereocenters. The lowest BCUT2D eigenvalue weighted by atomic mass is 10.2. The second-order valence-corrected chi connectivity index (χ2v) is 6.95. The zero-order chi connectivity index (χ0) is 20.1. The van der Waals surface area contributed by atoms with E-state index in [0.717, 1.165) is 17.8 Å². The molecule has 0 amide bonds. The Labute approximate surface area is 187 Å². The number of guanidine groups is 1. The summed E-state index contributed by atoms with van der Waals surface area (Å²) in [7, 11) is 5.61. The molecule has 1 aromatic carbocycles. The molecule has 2 aromatic rings. The Bertz CT molecular complexity index is 825. The number of halogens is 3. The molecular weight excluding hydrogens is 489 g/mol. The van der Waals surface area contributed by atoms with E-state index in [4.69, 9.17) is 0 Å². The summed E-state index contributed by atoms with van der Waals surface area (Å²) < 4.78 is 28.0. The molecule has 0 spiro atoms. The number of nitrogens with one attached hydrogen (secondary N) is 2. The van der Waals surface area contributed by atoms with E-state index in [9.17, 15) is 8.78 Å². The molecule has 29 heavy (non-hydrogen) atoms. The van der Waals surface area contributed by atoms with Gasteiger partial charge in [0, 0.05) is 58.6 Å². The predicted molar refractivity (Wildman–Crippen MR) is 124 cm³/mol. The standard InChI is InChI=1S/C20H26F2N6.HI/c1-23-20(25-12-14-6-5-10-24-19(14)27(2)3)26-15-9-11-28(13-15)18-16(21)7-4-8-17(18)22;/h4-8,10,15H,9,11-13H2,1-3H3,(H2,23,25,26);1H. The van der Waals surface area contributed by atoms with E-state index in [-0.39, 0.29) is 35.7 Å². The molecule has 1 aliphatic heterocycles. The van der Waals surface area contributed by atoms with Crippen molar-refractivity contribution in [3.8, 4) is 0 Å². The Hall–Kier alpha value is -2.17. The number of aromatic nitrogens is 1. The Morgan fingerprint density at radius 1 is 1.24 bits per heavy atom. The van der Waals surface area contributed by atoms with Crippen LogP contribution in [0.25, 0.3) is 0 Å². The maximum atomic E-state index is 14.0. The van der Waals surface area contributed by atoms with Crippen molar-refractivity contribution in [1.82, 2.24) is 15.6 Å². The summed E-state index contributed by atoms with van der Waals surface area (Å²) in [6.07, 6.45) is 2.53. The largest absolute Gasteiger partial charge is 0.365 e. The van der Waals surface area contributed by atoms with Gasteiger partial charge in [0.2, 0.25) is 0 Å². The quantitative estimate of drug-likeness (QED) is 0.364. The maximum Gasteiger partial charge on any atom is 0.191 e. The summed E-state index contributed by atoms with van der Waals surface area (Å²) in [6.45, 7) is 1.66. The maximum absolute atomic E-state index is 14.0. The zero-order valence-corrected chi connectivity index (χ0v) is 19.2. The van der Waals surface area contributed by atoms with Crippen LogP contribution in [0.15, 0.2) is 41.5 Å². The van der Waals surface area contributed by atoms with Crippen molar-refractivity contribution in [2.45, 2.75) is 19.0 Å². The van der Waals surface area contributed by atoms with Gasteiger partial charge in [-0.1, -0.05) is 12.1 Å². The molecule has 1 fully saturated rings. The molecule has 1 aliphatic rings. The average Bonchev–Trinajstić information content (AvgIpc) is 3.13. The third-order valence-electron chi connectivity index (χ3n) is 4.74. The SMILES string of the molecule is CN=C(NCc1cccnc1N(C)C)NC1CCN(c2c(F)cccc2F)C1.I. The summed E-state index contributed by atoms with van der Waals surface area (Å²) >= 11 is 0. The van der Waals surface area contributed by atoms with Crippen LogP contribution in [0.5, 0.6) is 0 Å². The van der Waals surface area contributed by atoms with Crippen molar-refractivity contribution >= 4 is 41.4 Å². The van der Waals surface area contributed by atoms with E-state index in [1.165, 1.54) is 18.2 Å². The van der Waals surface area contributed by atoms with E-state index in [1.807, 2.05) is 31.1 Å². The van der Waals surface area contributed by atoms with Gasteiger partial charge in [0.25, 0.3) is 0 Å². The second-order valence-electron chi connectivity index (χ2n) is 6.95. The van der Waals surface area contributed by atoms with Gasteiger partial charge in [0.05, 0.1) is 0 Å². The monoisotopic (exact) mass is 516 g/mol. The van der Waals surface area contributed by atoms with Gasteiger partial charge in [-0.25, -0.2) is 13.8 Å². The number of anilines is 2. The molecule has 9 heteroatoms. The van der Waals surface area contributed by atoms with E-state index in [1.54, 1.807) is 18.1 Å². The minimum atomic E-state index is -0.532. The van der Waals surface area contributed by atoms with E-state index < -0.39 is 11.6 Å². The highest BCUT2D eigenvalue weighted by Gasteiger charge is 2.27. The van der Waals surface area contributed by atoms with E-state index in [2.05, 4.69) is 20.6 Å². The van der Waals surface area contributed by atoms with E-state index in [0.29, 0.717) is 25.6 Å². The van der Waals surface area contributed by atoms with Crippen molar-refractivity contribution in [2.24, 2.45) is 4.99 Å². The molecule has 2 heterocycles. The van der Waals surface area contributed by atoms with Crippen LogP contribution in [0.4, 0.5) is 20.3 Å². The normalized spacial score (nSPS) is 16.4. The van der Waals surface area contributed by atoms with Crippen molar-refractivity contribution in [3.63, 3.8) is 0 Å². The van der Waals surface area contributed by atoms with Crippen LogP contribution in [0.2, 0.25) is 0 Å². The fraction of sp³-hybridized carbons (Fsp3) is 0.400. The first-order valence-corrected chi connectivity index (χ1v) is 9.27. The molecule has 1 aromatic heterocycles. The highest BCUT2D eigenvalue weighted by Crippen LogP contribution is 2.26. The zero-order valence-electron chi connectivity index (χ0n) is 16.8. The van der Waals surface area contributed by atoms with Crippen molar-refractivity contribution in [2.75, 3.05) is 44.0 Å². The average molecular weight is 516 g/mol. The molecule has 158 valence electrons. The van der Waals surface area contributed by atoms with E-state index >= 15 is 0 Å². The third-order valence-corrected chi connectivity index (χ3v) is 4.74. The Morgan fingerprint density at radius 3 is 2.62 bits per heavy atom. The molecule has 2 N–H and O–H groups in total. The lowest BCUT2D eigenvalue weighted by molar-refractivity contribution is 0.576. The van der Waals surface area contributed by atoms with Gasteiger partial charge in [-0.05, 0) is 24.6 Å². The smallest absolute Gasteiger partial charge is 0.191 e. The van der Waals surface area contributed by atoms with Crippen LogP contribution in [-0.4, -0.2) is 51.2 Å². The summed E-state index contributed by atoms with van der Waals surface area (Å²) in [4.78, 5) is 12.4. The lowest BCUT2D eigenvalue weighted by Crippen LogP contribution is -2.44. The minimum absolute atomic E-state index is 0. The Balaban J connectivity index is 0.00000300. The van der Waals surface area contributed by atoms with Gasteiger partial charge in [-0.15, -0.1) is 24.0 Å². The summed E-state index contributed by atoms with van der Waals surface area (Å²) in [6, 6.07) is 7.92. The lowest BCUT2D eigenvalue weighted by Gasteiger charge is -2.22. The Kier molecular flexibility index (Phi) is 8.42. The fourth-order valence-electron chi connectivity index (χ4n) is 3.41. The number of nitrogens with zero attached hydrogens (tertiary/aromatic N) is 4. The Morgan fingerprint density at radius 2 is 1.97 bits per heavy atom. The number of benzene rings is 1. The number of hydrogen-bond donors (Lipinski definition) is 2. The topological polar surface area (TPSA) is 55.8 Å². The van der Waals surface area contributed by atoms with Gasteiger partial charge >= 0.3 is 0 Å². The number of pyridine rings is 1. The molecule has 1 unspecified atom stereocenters. The number of rotatable bonds is 5. The third kappa shape index (κ3) is 5.68. The highest BCUT2D eigenvalue weighted by atomic mass is 127. The number of aliphatic imine (C=N–C) groups is 1. The van der Waals surface area contributed by atoms with Crippen molar-refractivity contribution < 1.29 is 8.78 Å². The minimum Gasteiger partial charge on any atom is -0.365 e. The molecule has 0 radical (unpaired) electrons. The first-order valence-electron chi connectivity index (χ1n) is 9.27. The van der Waals surface area contributed by atoms with Crippen molar-refractivity contribution in [3.05, 3.63) is 53.7 Å². The van der Waals surface area contributed by atoms with Gasteiger partial charge in [0.1, 0.15) is 23.1 Å². The summed E-state index contributed by atoms with van der Waals surface area (Å²) in [5.74, 6) is 0.480. The van der Waals surface area contributed by atoms with Crippen LogP contribution >= 0.6 is 24.0 Å². The summed E-state index contributed by atoms with van der Waals surface area (Å²) in [5.41, 5.74) is 1.10. The van der Waals surface area contributed by atoms with Crippen LogP contribution in [0.1, 0.15) is 12.0 Å². The fourth-order valence-corrected chi connectivity index (χ4v) is 3.41. The van der Waals surface area contributed by atoms with Gasteiger partial charge < -0.3 is 20.4 Å². The molecule has 3 rings (SSSR count). The molecule has 0 saturated carbocycles. The highest BCUT2D eigenvalue weighted by molar-refractivity contribution is 14.0. The second kappa shape index (κ2) is 10.6. The van der Waals surface area contributed by atoms with Gasteiger partial charge in [-0.3, -0.25) is 4.99 Å². The molecular formula is C20H27F2IN6. The van der Waals surface area contributed by atoms with Gasteiger partial charge in [-0.2, -0.15) is 0 Å². The predicted octanol–water partition coefficient (Wildman–Crippen LogP) is 2.99. The first-order chi connectivity index (χ1) is 13.5. The molecule has 0 aliphatic carbocycles. The van der Waals surface area contributed by atoms with Crippen molar-refractivity contribution in [1.29, 1.82) is 0 Å². The van der Waals surface area contributed by atoms with Gasteiger partial charge in [0.15, 0.2) is 5.96 Å².